The fourth-order valence-corrected chi connectivity index (χ4v) is 1.82. The van der Waals surface area contributed by atoms with Gasteiger partial charge < -0.3 is 10.5 Å². The fraction of sp³-hybridized carbons (Fsp3) is 0.200. The summed E-state index contributed by atoms with van der Waals surface area (Å²) in [6.45, 7) is -0.629. The van der Waals surface area contributed by atoms with Crippen LogP contribution in [0, 0.1) is 0 Å². The first-order chi connectivity index (χ1) is 8.75. The zero-order chi connectivity index (χ0) is 14.6. The second kappa shape index (κ2) is 5.74. The van der Waals surface area contributed by atoms with E-state index in [1.54, 1.807) is 0 Å². The average molecular weight is 293 g/mol. The van der Waals surface area contributed by atoms with E-state index in [0.29, 0.717) is 0 Å². The van der Waals surface area contributed by atoms with Gasteiger partial charge in [-0.05, 0) is 24.3 Å². The number of sulfone groups is 1. The summed E-state index contributed by atoms with van der Waals surface area (Å²) in [6.07, 6.45) is 0. The quantitative estimate of drug-likeness (QED) is 0.788. The lowest BCUT2D eigenvalue weighted by Crippen LogP contribution is -2.21. The van der Waals surface area contributed by atoms with Crippen LogP contribution in [0.5, 0.6) is 0 Å². The number of carbonyl (C=O) groups excluding carboxylic acids is 2. The first-order valence-corrected chi connectivity index (χ1v) is 6.37. The fourth-order valence-electron chi connectivity index (χ4n) is 1.10. The summed E-state index contributed by atoms with van der Waals surface area (Å²) in [5, 5.41) is 0. The van der Waals surface area contributed by atoms with Gasteiger partial charge >= 0.3 is 11.7 Å². The van der Waals surface area contributed by atoms with E-state index in [1.165, 1.54) is 0 Å². The Labute approximate surface area is 107 Å². The Morgan fingerprint density at radius 3 is 2.16 bits per heavy atom. The molecule has 0 unspecified atom stereocenters. The van der Waals surface area contributed by atoms with Gasteiger partial charge in [0, 0.05) is 0 Å². The summed E-state index contributed by atoms with van der Waals surface area (Å²) in [6, 6.07) is 3.70. The molecule has 1 rings (SSSR count). The van der Waals surface area contributed by atoms with E-state index < -0.39 is 39.0 Å². The largest absolute Gasteiger partial charge is 0.452 e. The molecule has 0 aliphatic rings. The van der Waals surface area contributed by atoms with E-state index >= 15 is 0 Å². The highest BCUT2D eigenvalue weighted by molar-refractivity contribution is 7.91. The molecule has 0 spiro atoms. The first-order valence-electron chi connectivity index (χ1n) is 4.82. The molecule has 0 heterocycles. The maximum absolute atomic E-state index is 12.2. The molecule has 1 amide bonds. The van der Waals surface area contributed by atoms with Crippen molar-refractivity contribution in [2.45, 2.75) is 10.7 Å². The molecule has 9 heteroatoms. The highest BCUT2D eigenvalue weighted by Gasteiger charge is 2.26. The van der Waals surface area contributed by atoms with Crippen molar-refractivity contribution in [2.24, 2.45) is 5.73 Å². The van der Waals surface area contributed by atoms with Crippen molar-refractivity contribution >= 4 is 21.7 Å². The molecule has 0 aromatic heterocycles. The molecular weight excluding hydrogens is 284 g/mol. The van der Waals surface area contributed by atoms with Crippen molar-refractivity contribution < 1.29 is 31.5 Å². The molecule has 0 radical (unpaired) electrons. The number of benzene rings is 1. The Balaban J connectivity index is 2.88. The third-order valence-electron chi connectivity index (χ3n) is 2.00. The third kappa shape index (κ3) is 3.71. The van der Waals surface area contributed by atoms with Gasteiger partial charge in [-0.2, -0.15) is 8.78 Å². The molecule has 6 nitrogen and oxygen atoms in total. The summed E-state index contributed by atoms with van der Waals surface area (Å²) in [4.78, 5) is 21.1. The van der Waals surface area contributed by atoms with E-state index in [-0.39, 0.29) is 5.56 Å². The Morgan fingerprint density at radius 2 is 1.74 bits per heavy atom. The lowest BCUT2D eigenvalue weighted by atomic mass is 10.2. The second-order valence-electron chi connectivity index (χ2n) is 3.37. The highest BCUT2D eigenvalue weighted by Crippen LogP contribution is 2.18. The maximum Gasteiger partial charge on any atom is 0.341 e. The van der Waals surface area contributed by atoms with Gasteiger partial charge in [0.2, 0.25) is 9.84 Å². The van der Waals surface area contributed by atoms with Crippen molar-refractivity contribution in [1.82, 2.24) is 0 Å². The Bertz CT molecular complexity index is 582. The summed E-state index contributed by atoms with van der Waals surface area (Å²) < 4.78 is 51.1. The van der Waals surface area contributed by atoms with Gasteiger partial charge in [-0.15, -0.1) is 0 Å². The van der Waals surface area contributed by atoms with Gasteiger partial charge in [-0.3, -0.25) is 4.79 Å². The van der Waals surface area contributed by atoms with Crippen LogP contribution in [0.3, 0.4) is 0 Å². The zero-order valence-electron chi connectivity index (χ0n) is 9.38. The van der Waals surface area contributed by atoms with Gasteiger partial charge in [-0.1, -0.05) is 0 Å². The molecule has 19 heavy (non-hydrogen) atoms. The molecule has 0 aliphatic heterocycles. The van der Waals surface area contributed by atoms with Gasteiger partial charge in [0.05, 0.1) is 10.5 Å². The summed E-state index contributed by atoms with van der Waals surface area (Å²) >= 11 is 0. The number of esters is 1. The molecule has 104 valence electrons. The molecule has 1 aromatic carbocycles. The van der Waals surface area contributed by atoms with Crippen molar-refractivity contribution in [3.8, 4) is 0 Å². The van der Waals surface area contributed by atoms with Crippen LogP contribution < -0.4 is 5.73 Å². The number of rotatable bonds is 5. The minimum Gasteiger partial charge on any atom is -0.452 e. The minimum absolute atomic E-state index is 0.0885. The van der Waals surface area contributed by atoms with Crippen LogP contribution in [0.4, 0.5) is 8.78 Å². The number of hydrogen-bond donors (Lipinski definition) is 1. The van der Waals surface area contributed by atoms with Gasteiger partial charge in [0.1, 0.15) is 0 Å². The average Bonchev–Trinajstić information content (AvgIpc) is 2.35. The number of carbonyl (C=O) groups is 2. The Morgan fingerprint density at radius 1 is 1.21 bits per heavy atom. The van der Waals surface area contributed by atoms with Crippen molar-refractivity contribution in [1.29, 1.82) is 0 Å². The van der Waals surface area contributed by atoms with Crippen LogP contribution in [0.1, 0.15) is 10.4 Å². The lowest BCUT2D eigenvalue weighted by molar-refractivity contribution is -0.121. The predicted octanol–water partition coefficient (Wildman–Crippen LogP) is 0.325. The number of primary amides is 1. The molecule has 0 aliphatic carbocycles. The van der Waals surface area contributed by atoms with Gasteiger partial charge in [-0.25, -0.2) is 13.2 Å². The van der Waals surface area contributed by atoms with Crippen LogP contribution in [0.2, 0.25) is 0 Å². The topological polar surface area (TPSA) is 104 Å². The van der Waals surface area contributed by atoms with Crippen molar-refractivity contribution in [3.05, 3.63) is 29.8 Å². The van der Waals surface area contributed by atoms with E-state index in [0.717, 1.165) is 24.3 Å². The third-order valence-corrected chi connectivity index (χ3v) is 3.40. The van der Waals surface area contributed by atoms with Crippen LogP contribution in [-0.2, 0) is 19.4 Å². The molecule has 1 aromatic rings. The minimum atomic E-state index is -4.70. The summed E-state index contributed by atoms with van der Waals surface area (Å²) in [5.74, 6) is -5.31. The SMILES string of the molecule is NC(=O)COC(=O)c1ccc(S(=O)(=O)C(F)F)cc1. The molecule has 0 bridgehead atoms. The van der Waals surface area contributed by atoms with E-state index in [4.69, 9.17) is 5.73 Å². The standard InChI is InChI=1S/C10H9F2NO5S/c11-10(12)19(16,17)7-3-1-6(2-4-7)9(15)18-5-8(13)14/h1-4,10H,5H2,(H2,13,14). The van der Waals surface area contributed by atoms with Crippen molar-refractivity contribution in [2.75, 3.05) is 6.61 Å². The highest BCUT2D eigenvalue weighted by atomic mass is 32.2. The van der Waals surface area contributed by atoms with Gasteiger partial charge in [0.25, 0.3) is 5.91 Å². The predicted molar refractivity (Wildman–Crippen MR) is 59.1 cm³/mol. The van der Waals surface area contributed by atoms with Crippen LogP contribution in [0.15, 0.2) is 29.2 Å². The Kier molecular flexibility index (Phi) is 4.54. The molecule has 2 N–H and O–H groups in total. The van der Waals surface area contributed by atoms with E-state index in [9.17, 15) is 26.8 Å². The Hall–Kier alpha value is -2.03. The molecule has 0 saturated carbocycles. The molecular formula is C10H9F2NO5S. The number of amides is 1. The second-order valence-corrected chi connectivity index (χ2v) is 5.29. The number of ether oxygens (including phenoxy) is 1. The number of halogens is 2. The zero-order valence-corrected chi connectivity index (χ0v) is 10.2. The molecule has 0 atom stereocenters. The number of hydrogen-bond acceptors (Lipinski definition) is 5. The normalized spacial score (nSPS) is 11.3. The van der Waals surface area contributed by atoms with Crippen LogP contribution in [0.25, 0.3) is 0 Å². The van der Waals surface area contributed by atoms with Crippen LogP contribution in [-0.4, -0.2) is 32.7 Å². The van der Waals surface area contributed by atoms with E-state index in [2.05, 4.69) is 4.74 Å². The van der Waals surface area contributed by atoms with Gasteiger partial charge in [0.15, 0.2) is 6.61 Å². The van der Waals surface area contributed by atoms with Crippen LogP contribution >= 0.6 is 0 Å². The molecule has 0 saturated heterocycles. The summed E-state index contributed by atoms with van der Waals surface area (Å²) in [5.41, 5.74) is 4.67. The number of nitrogens with two attached hydrogens (primary N) is 1. The maximum atomic E-state index is 12.2. The smallest absolute Gasteiger partial charge is 0.341 e. The van der Waals surface area contributed by atoms with E-state index in [1.807, 2.05) is 0 Å². The first kappa shape index (κ1) is 15.0. The summed E-state index contributed by atoms with van der Waals surface area (Å²) in [7, 11) is -4.70. The van der Waals surface area contributed by atoms with Crippen molar-refractivity contribution in [3.63, 3.8) is 0 Å². The monoisotopic (exact) mass is 293 g/mol. The molecule has 0 fully saturated rings. The number of alkyl halides is 2. The lowest BCUT2D eigenvalue weighted by Gasteiger charge is -2.05.